The number of aromatic nitrogens is 4. The third kappa shape index (κ3) is 3.34. The van der Waals surface area contributed by atoms with Crippen molar-refractivity contribution in [3.63, 3.8) is 0 Å². The molecule has 9 heteroatoms. The lowest BCUT2D eigenvalue weighted by atomic mass is 10.2. The van der Waals surface area contributed by atoms with Crippen LogP contribution in [0.3, 0.4) is 0 Å². The van der Waals surface area contributed by atoms with Crippen LogP contribution in [0.1, 0.15) is 12.4 Å². The van der Waals surface area contributed by atoms with Gasteiger partial charge in [-0.25, -0.2) is 4.98 Å². The Balaban J connectivity index is 1.74. The Labute approximate surface area is 134 Å². The van der Waals surface area contributed by atoms with Crippen molar-refractivity contribution in [3.8, 4) is 17.2 Å². The molecule has 0 spiro atoms. The number of nitrogens with zero attached hydrogens (tertiary/aromatic N) is 4. The molecule has 2 aromatic heterocycles. The number of rotatable bonds is 6. The molecule has 120 valence electrons. The highest BCUT2D eigenvalue weighted by Gasteiger charge is 2.16. The van der Waals surface area contributed by atoms with E-state index in [1.165, 1.54) is 12.4 Å². The number of methoxy groups -OCH3 is 1. The third-order valence-electron chi connectivity index (χ3n) is 3.03. The van der Waals surface area contributed by atoms with Gasteiger partial charge in [0.1, 0.15) is 11.6 Å². The molecule has 0 aliphatic rings. The molecule has 1 aromatic carbocycles. The quantitative estimate of drug-likeness (QED) is 0.640. The lowest BCUT2D eigenvalue weighted by Crippen LogP contribution is -2.01. The summed E-state index contributed by atoms with van der Waals surface area (Å²) in [6, 6.07) is 7.24. The van der Waals surface area contributed by atoms with E-state index >= 15 is 0 Å². The Morgan fingerprint density at radius 2 is 2.13 bits per heavy atom. The number of para-hydroxylation sites is 1. The maximum Gasteiger partial charge on any atom is 0.319 e. The van der Waals surface area contributed by atoms with Crippen LogP contribution < -0.4 is 4.74 Å². The van der Waals surface area contributed by atoms with E-state index in [0.717, 1.165) is 16.3 Å². The SMILES string of the molecule is COc1ccccc1-c1nnc(SCc2nccn2C(F)F)o1. The van der Waals surface area contributed by atoms with Gasteiger partial charge in [0.2, 0.25) is 0 Å². The Morgan fingerprint density at radius 3 is 2.91 bits per heavy atom. The minimum Gasteiger partial charge on any atom is -0.496 e. The summed E-state index contributed by atoms with van der Waals surface area (Å²) in [6.07, 6.45) is 2.56. The first-order valence-corrected chi connectivity index (χ1v) is 7.57. The number of thioether (sulfide) groups is 1. The number of benzene rings is 1. The summed E-state index contributed by atoms with van der Waals surface area (Å²) >= 11 is 1.14. The van der Waals surface area contributed by atoms with Crippen molar-refractivity contribution in [3.05, 3.63) is 42.5 Å². The number of hydrogen-bond acceptors (Lipinski definition) is 6. The number of ether oxygens (including phenoxy) is 1. The fourth-order valence-electron chi connectivity index (χ4n) is 1.96. The molecule has 0 unspecified atom stereocenters. The van der Waals surface area contributed by atoms with E-state index in [9.17, 15) is 8.78 Å². The first kappa shape index (κ1) is 15.5. The second kappa shape index (κ2) is 6.78. The molecule has 0 radical (unpaired) electrons. The van der Waals surface area contributed by atoms with Gasteiger partial charge >= 0.3 is 6.55 Å². The third-order valence-corrected chi connectivity index (χ3v) is 3.84. The van der Waals surface area contributed by atoms with Crippen LogP contribution in [0, 0.1) is 0 Å². The van der Waals surface area contributed by atoms with Crippen LogP contribution in [-0.4, -0.2) is 26.9 Å². The van der Waals surface area contributed by atoms with Gasteiger partial charge in [0.05, 0.1) is 18.4 Å². The summed E-state index contributed by atoms with van der Waals surface area (Å²) in [5.41, 5.74) is 0.670. The van der Waals surface area contributed by atoms with Crippen LogP contribution in [0.2, 0.25) is 0 Å². The van der Waals surface area contributed by atoms with Gasteiger partial charge in [0, 0.05) is 12.4 Å². The van der Waals surface area contributed by atoms with Crippen LogP contribution in [-0.2, 0) is 5.75 Å². The maximum absolute atomic E-state index is 12.7. The monoisotopic (exact) mass is 338 g/mol. The molecule has 0 saturated carbocycles. The van der Waals surface area contributed by atoms with Crippen LogP contribution in [0.15, 0.2) is 46.3 Å². The molecule has 2 heterocycles. The molecule has 0 saturated heterocycles. The second-order valence-corrected chi connectivity index (χ2v) is 5.32. The topological polar surface area (TPSA) is 66.0 Å². The highest BCUT2D eigenvalue weighted by Crippen LogP contribution is 2.31. The van der Waals surface area contributed by atoms with E-state index in [-0.39, 0.29) is 16.8 Å². The van der Waals surface area contributed by atoms with Crippen LogP contribution in [0.5, 0.6) is 5.75 Å². The normalized spacial score (nSPS) is 11.1. The lowest BCUT2D eigenvalue weighted by Gasteiger charge is -2.04. The predicted octanol–water partition coefficient (Wildman–Crippen LogP) is 3.63. The minimum atomic E-state index is -2.63. The van der Waals surface area contributed by atoms with Crippen LogP contribution in [0.25, 0.3) is 11.5 Å². The first-order valence-electron chi connectivity index (χ1n) is 6.58. The maximum atomic E-state index is 12.7. The molecular formula is C14H12F2N4O2S. The average molecular weight is 338 g/mol. The molecule has 0 N–H and O–H groups in total. The van der Waals surface area contributed by atoms with Crippen LogP contribution >= 0.6 is 11.8 Å². The Kier molecular flexibility index (Phi) is 4.56. The fourth-order valence-corrected chi connectivity index (χ4v) is 2.67. The lowest BCUT2D eigenvalue weighted by molar-refractivity contribution is 0.0678. The van der Waals surface area contributed by atoms with Gasteiger partial charge in [-0.2, -0.15) is 8.78 Å². The van der Waals surface area contributed by atoms with Crippen molar-refractivity contribution >= 4 is 11.8 Å². The van der Waals surface area contributed by atoms with Gasteiger partial charge in [-0.1, -0.05) is 23.9 Å². The van der Waals surface area contributed by atoms with Crippen molar-refractivity contribution < 1.29 is 17.9 Å². The van der Waals surface area contributed by atoms with Gasteiger partial charge in [0.15, 0.2) is 0 Å². The zero-order chi connectivity index (χ0) is 16.2. The van der Waals surface area contributed by atoms with Crippen molar-refractivity contribution in [1.82, 2.24) is 19.7 Å². The Morgan fingerprint density at radius 1 is 1.30 bits per heavy atom. The fraction of sp³-hybridized carbons (Fsp3) is 0.214. The van der Waals surface area contributed by atoms with Crippen molar-refractivity contribution in [2.45, 2.75) is 17.5 Å². The molecule has 3 rings (SSSR count). The van der Waals surface area contributed by atoms with Crippen LogP contribution in [0.4, 0.5) is 8.78 Å². The zero-order valence-corrected chi connectivity index (χ0v) is 12.8. The van der Waals surface area contributed by atoms with E-state index < -0.39 is 6.55 Å². The standard InChI is InChI=1S/C14H12F2N4O2S/c1-21-10-5-3-2-4-9(10)12-18-19-14(22-12)23-8-11-17-6-7-20(11)13(15)16/h2-7,13H,8H2,1H3. The Hall–Kier alpha value is -2.42. The molecule has 0 aliphatic heterocycles. The number of alkyl halides is 2. The summed E-state index contributed by atoms with van der Waals surface area (Å²) in [5, 5.41) is 8.14. The highest BCUT2D eigenvalue weighted by atomic mass is 32.2. The smallest absolute Gasteiger partial charge is 0.319 e. The molecule has 0 fully saturated rings. The van der Waals surface area contributed by atoms with Gasteiger partial charge < -0.3 is 9.15 Å². The summed E-state index contributed by atoms with van der Waals surface area (Å²) in [5.74, 6) is 1.36. The molecule has 3 aromatic rings. The van der Waals surface area contributed by atoms with E-state index in [4.69, 9.17) is 9.15 Å². The molecule has 0 aliphatic carbocycles. The summed E-state index contributed by atoms with van der Waals surface area (Å²) in [6.45, 7) is -2.63. The second-order valence-electron chi connectivity index (χ2n) is 4.39. The summed E-state index contributed by atoms with van der Waals surface area (Å²) < 4.78 is 37.1. The molecule has 23 heavy (non-hydrogen) atoms. The van der Waals surface area contributed by atoms with Crippen molar-refractivity contribution in [2.75, 3.05) is 7.11 Å². The highest BCUT2D eigenvalue weighted by molar-refractivity contribution is 7.98. The molecule has 0 atom stereocenters. The first-order chi connectivity index (χ1) is 11.2. The molecule has 0 bridgehead atoms. The number of imidazole rings is 1. The minimum absolute atomic E-state index is 0.199. The molecule has 6 nitrogen and oxygen atoms in total. The summed E-state index contributed by atoms with van der Waals surface area (Å²) in [4.78, 5) is 3.90. The van der Waals surface area contributed by atoms with Gasteiger partial charge in [0.25, 0.3) is 11.1 Å². The number of halogens is 2. The van der Waals surface area contributed by atoms with Gasteiger partial charge in [-0.3, -0.25) is 4.57 Å². The van der Waals surface area contributed by atoms with Gasteiger partial charge in [-0.05, 0) is 12.1 Å². The van der Waals surface area contributed by atoms with Gasteiger partial charge in [-0.15, -0.1) is 10.2 Å². The number of hydrogen-bond donors (Lipinski definition) is 0. The largest absolute Gasteiger partial charge is 0.496 e. The molecular weight excluding hydrogens is 326 g/mol. The van der Waals surface area contributed by atoms with Crippen molar-refractivity contribution in [2.24, 2.45) is 0 Å². The zero-order valence-electron chi connectivity index (χ0n) is 12.0. The average Bonchev–Trinajstić information content (AvgIpc) is 3.22. The van der Waals surface area contributed by atoms with E-state index in [0.29, 0.717) is 17.2 Å². The molecule has 0 amide bonds. The summed E-state index contributed by atoms with van der Waals surface area (Å²) in [7, 11) is 1.55. The van der Waals surface area contributed by atoms with E-state index in [1.54, 1.807) is 19.2 Å². The van der Waals surface area contributed by atoms with E-state index in [1.807, 2.05) is 12.1 Å². The Bertz CT molecular complexity index is 790. The van der Waals surface area contributed by atoms with E-state index in [2.05, 4.69) is 15.2 Å². The van der Waals surface area contributed by atoms with Crippen molar-refractivity contribution in [1.29, 1.82) is 0 Å². The predicted molar refractivity (Wildman–Crippen MR) is 79.3 cm³/mol.